The molecular weight excluding hydrogens is 370 g/mol. The van der Waals surface area contributed by atoms with Crippen molar-refractivity contribution in [2.45, 2.75) is 25.0 Å². The van der Waals surface area contributed by atoms with E-state index in [1.54, 1.807) is 19.2 Å². The summed E-state index contributed by atoms with van der Waals surface area (Å²) in [6.07, 6.45) is 0. The van der Waals surface area contributed by atoms with Crippen LogP contribution in [0.5, 0.6) is 5.75 Å². The Labute approximate surface area is 168 Å². The summed E-state index contributed by atoms with van der Waals surface area (Å²) in [5, 5.41) is 4.82. The number of anilines is 1. The summed E-state index contributed by atoms with van der Waals surface area (Å²) in [5.41, 5.74) is 1.27. The second-order valence-corrected chi connectivity index (χ2v) is 8.01. The molecule has 1 spiro atoms. The smallest absolute Gasteiger partial charge is 0.291 e. The van der Waals surface area contributed by atoms with Crippen molar-refractivity contribution >= 4 is 23.4 Å². The van der Waals surface area contributed by atoms with Gasteiger partial charge < -0.3 is 15.4 Å². The number of imide groups is 1. The zero-order chi connectivity index (χ0) is 20.3. The Hall–Kier alpha value is -3.19. The number of carbonyl (C=O) groups excluding carboxylic acids is 3. The Morgan fingerprint density at radius 1 is 1.07 bits per heavy atom. The van der Waals surface area contributed by atoms with Gasteiger partial charge in [-0.25, -0.2) is 0 Å². The molecule has 3 N–H and O–H groups in total. The predicted octanol–water partition coefficient (Wildman–Crippen LogP) is 0.610. The van der Waals surface area contributed by atoms with E-state index >= 15 is 0 Å². The lowest BCUT2D eigenvalue weighted by molar-refractivity contribution is -0.730. The number of fused-ring (bicyclic) bond motifs is 4. The summed E-state index contributed by atoms with van der Waals surface area (Å²) in [4.78, 5) is 41.1. The molecule has 0 saturated carbocycles. The van der Waals surface area contributed by atoms with Crippen LogP contribution in [0.1, 0.15) is 18.1 Å². The number of ether oxygens (including phenoxy) is 1. The number of rotatable bonds is 3. The number of amides is 3. The maximum Gasteiger partial charge on any atom is 0.291 e. The van der Waals surface area contributed by atoms with Crippen molar-refractivity contribution in [1.29, 1.82) is 0 Å². The number of hydrogen-bond acceptors (Lipinski definition) is 4. The van der Waals surface area contributed by atoms with Gasteiger partial charge in [-0.1, -0.05) is 30.3 Å². The van der Waals surface area contributed by atoms with E-state index in [-0.39, 0.29) is 30.3 Å². The van der Waals surface area contributed by atoms with Crippen LogP contribution in [-0.4, -0.2) is 35.8 Å². The van der Waals surface area contributed by atoms with Gasteiger partial charge in [0.1, 0.15) is 17.6 Å². The van der Waals surface area contributed by atoms with Gasteiger partial charge >= 0.3 is 0 Å². The molecule has 2 fully saturated rings. The van der Waals surface area contributed by atoms with Crippen LogP contribution in [0.15, 0.2) is 48.5 Å². The number of para-hydroxylation sites is 1. The van der Waals surface area contributed by atoms with Gasteiger partial charge in [-0.3, -0.25) is 19.3 Å². The average molecular weight is 392 g/mol. The third-order valence-electron chi connectivity index (χ3n) is 6.52. The molecule has 7 heteroatoms. The second kappa shape index (κ2) is 6.15. The maximum absolute atomic E-state index is 13.5. The SMILES string of the molecule is COc1ccc(CN2C(=O)[C@@H]3[C@H](C)[NH2+][C@]4(C(=O)Nc5ccccc54)[C@@H]3C2=O)cc1. The first-order valence-corrected chi connectivity index (χ1v) is 9.72. The summed E-state index contributed by atoms with van der Waals surface area (Å²) >= 11 is 0. The lowest BCUT2D eigenvalue weighted by Crippen LogP contribution is -2.98. The highest BCUT2D eigenvalue weighted by Gasteiger charge is 2.73. The minimum atomic E-state index is -1.08. The summed E-state index contributed by atoms with van der Waals surface area (Å²) in [5.74, 6) is -1.20. The minimum Gasteiger partial charge on any atom is -0.497 e. The molecule has 3 aliphatic rings. The summed E-state index contributed by atoms with van der Waals surface area (Å²) in [7, 11) is 1.59. The minimum absolute atomic E-state index is 0.172. The fraction of sp³-hybridized carbons (Fsp3) is 0.318. The first-order valence-electron chi connectivity index (χ1n) is 9.72. The summed E-state index contributed by atoms with van der Waals surface area (Å²) in [6.45, 7) is 2.11. The summed E-state index contributed by atoms with van der Waals surface area (Å²) < 4.78 is 5.17. The molecule has 0 radical (unpaired) electrons. The van der Waals surface area contributed by atoms with Gasteiger partial charge in [-0.2, -0.15) is 0 Å². The molecule has 0 aromatic heterocycles. The van der Waals surface area contributed by atoms with Gasteiger partial charge in [0.15, 0.2) is 0 Å². The monoisotopic (exact) mass is 392 g/mol. The van der Waals surface area contributed by atoms with Gasteiger partial charge in [0.25, 0.3) is 5.91 Å². The van der Waals surface area contributed by atoms with E-state index in [0.29, 0.717) is 5.75 Å². The van der Waals surface area contributed by atoms with Crippen molar-refractivity contribution < 1.29 is 24.4 Å². The average Bonchev–Trinajstić information content (AvgIpc) is 3.28. The number of hydrogen-bond donors (Lipinski definition) is 2. The van der Waals surface area contributed by atoms with Crippen molar-refractivity contribution in [3.63, 3.8) is 0 Å². The van der Waals surface area contributed by atoms with Crippen LogP contribution in [0.4, 0.5) is 5.69 Å². The molecule has 29 heavy (non-hydrogen) atoms. The zero-order valence-electron chi connectivity index (χ0n) is 16.2. The van der Waals surface area contributed by atoms with Crippen LogP contribution in [0, 0.1) is 11.8 Å². The van der Waals surface area contributed by atoms with Crippen LogP contribution in [0.3, 0.4) is 0 Å². The van der Waals surface area contributed by atoms with E-state index in [0.717, 1.165) is 16.8 Å². The first kappa shape index (κ1) is 17.9. The van der Waals surface area contributed by atoms with Crippen LogP contribution < -0.4 is 15.4 Å². The molecule has 3 aliphatic heterocycles. The van der Waals surface area contributed by atoms with E-state index in [9.17, 15) is 14.4 Å². The molecule has 3 heterocycles. The zero-order valence-corrected chi connectivity index (χ0v) is 16.2. The lowest BCUT2D eigenvalue weighted by atomic mass is 9.76. The molecule has 0 aliphatic carbocycles. The Morgan fingerprint density at radius 2 is 1.79 bits per heavy atom. The molecule has 4 atom stereocenters. The van der Waals surface area contributed by atoms with E-state index in [1.165, 1.54) is 4.90 Å². The highest BCUT2D eigenvalue weighted by atomic mass is 16.5. The quantitative estimate of drug-likeness (QED) is 0.749. The standard InChI is InChI=1S/C22H21N3O4/c1-12-17-18(22(24-12)15-5-3-4-6-16(15)23-21(22)28)20(27)25(19(17)26)11-13-7-9-14(29-2)10-8-13/h3-10,12,17-18,24H,11H2,1-2H3,(H,23,28)/p+1/t12-,17+,18-,22-/m0/s1. The third kappa shape index (κ3) is 2.31. The van der Waals surface area contributed by atoms with Crippen LogP contribution in [0.25, 0.3) is 0 Å². The topological polar surface area (TPSA) is 92.3 Å². The van der Waals surface area contributed by atoms with Crippen LogP contribution in [0.2, 0.25) is 0 Å². The van der Waals surface area contributed by atoms with Crippen molar-refractivity contribution in [1.82, 2.24) is 4.90 Å². The van der Waals surface area contributed by atoms with Crippen LogP contribution >= 0.6 is 0 Å². The Kier molecular flexibility index (Phi) is 3.79. The largest absolute Gasteiger partial charge is 0.497 e. The number of nitrogens with one attached hydrogen (secondary N) is 1. The Balaban J connectivity index is 1.53. The Bertz CT molecular complexity index is 1030. The third-order valence-corrected chi connectivity index (χ3v) is 6.52. The molecule has 2 aromatic carbocycles. The fourth-order valence-electron chi connectivity index (χ4n) is 5.23. The molecule has 7 nitrogen and oxygen atoms in total. The Morgan fingerprint density at radius 3 is 2.52 bits per heavy atom. The molecule has 0 unspecified atom stereocenters. The first-order chi connectivity index (χ1) is 14.0. The highest BCUT2D eigenvalue weighted by molar-refractivity contribution is 6.13. The van der Waals surface area contributed by atoms with Crippen LogP contribution in [-0.2, 0) is 26.5 Å². The van der Waals surface area contributed by atoms with E-state index in [4.69, 9.17) is 4.74 Å². The predicted molar refractivity (Wildman–Crippen MR) is 104 cm³/mol. The van der Waals surface area contributed by atoms with Crippen molar-refractivity contribution in [2.24, 2.45) is 11.8 Å². The van der Waals surface area contributed by atoms with Crippen molar-refractivity contribution in [3.05, 3.63) is 59.7 Å². The molecular formula is C22H22N3O4+. The number of carbonyl (C=O) groups is 3. The van der Waals surface area contributed by atoms with Gasteiger partial charge in [0, 0.05) is 5.56 Å². The van der Waals surface area contributed by atoms with Crippen molar-refractivity contribution in [2.75, 3.05) is 12.4 Å². The van der Waals surface area contributed by atoms with Gasteiger partial charge in [0.05, 0.1) is 25.4 Å². The van der Waals surface area contributed by atoms with Crippen molar-refractivity contribution in [3.8, 4) is 5.75 Å². The van der Waals surface area contributed by atoms with E-state index in [2.05, 4.69) is 5.32 Å². The summed E-state index contributed by atoms with van der Waals surface area (Å²) in [6, 6.07) is 14.6. The maximum atomic E-state index is 13.5. The number of methoxy groups -OCH3 is 1. The molecule has 2 saturated heterocycles. The number of quaternary nitrogens is 1. The number of nitrogens with zero attached hydrogens (tertiary/aromatic N) is 1. The lowest BCUT2D eigenvalue weighted by Gasteiger charge is -2.25. The van der Waals surface area contributed by atoms with E-state index in [1.807, 2.05) is 48.6 Å². The molecule has 5 rings (SSSR count). The fourth-order valence-corrected chi connectivity index (χ4v) is 5.23. The number of likely N-dealkylation sites (tertiary alicyclic amines) is 1. The van der Waals surface area contributed by atoms with Gasteiger partial charge in [-0.15, -0.1) is 0 Å². The highest BCUT2D eigenvalue weighted by Crippen LogP contribution is 2.49. The number of benzene rings is 2. The van der Waals surface area contributed by atoms with Gasteiger partial charge in [-0.05, 0) is 30.7 Å². The molecule has 148 valence electrons. The number of nitrogens with two attached hydrogens (primary N) is 1. The normalized spacial score (nSPS) is 29.9. The molecule has 0 bridgehead atoms. The second-order valence-electron chi connectivity index (χ2n) is 8.01. The molecule has 2 aromatic rings. The van der Waals surface area contributed by atoms with E-state index < -0.39 is 17.4 Å². The van der Waals surface area contributed by atoms with Gasteiger partial charge in [0.2, 0.25) is 17.4 Å². The molecule has 3 amide bonds.